The average Bonchev–Trinajstić information content (AvgIpc) is 2.73. The standard InChI is InChI=1S/C15H13F3N2O2/c1-14(2)8-9-4-3-5-10(13(9)22-14)21-12-7-6-11(19-20-12)15(16,17)18/h3-7H,8H2,1-2H3. The smallest absolute Gasteiger partial charge is 0.435 e. The molecule has 0 saturated heterocycles. The number of halogens is 3. The lowest BCUT2D eigenvalue weighted by Crippen LogP contribution is -2.24. The van der Waals surface area contributed by atoms with E-state index in [1.807, 2.05) is 19.9 Å². The van der Waals surface area contributed by atoms with Crippen molar-refractivity contribution in [1.82, 2.24) is 10.2 Å². The zero-order chi connectivity index (χ0) is 16.0. The summed E-state index contributed by atoms with van der Waals surface area (Å²) in [6, 6.07) is 7.37. The molecule has 3 rings (SSSR count). The van der Waals surface area contributed by atoms with Crippen LogP contribution < -0.4 is 9.47 Å². The number of benzene rings is 1. The second kappa shape index (κ2) is 4.86. The Bertz CT molecular complexity index is 697. The number of rotatable bonds is 2. The fraction of sp³-hybridized carbons (Fsp3) is 0.333. The summed E-state index contributed by atoms with van der Waals surface area (Å²) in [5, 5.41) is 6.58. The van der Waals surface area contributed by atoms with Gasteiger partial charge in [-0.3, -0.25) is 0 Å². The maximum absolute atomic E-state index is 12.4. The van der Waals surface area contributed by atoms with Crippen molar-refractivity contribution in [2.75, 3.05) is 0 Å². The molecular formula is C15H13F3N2O2. The summed E-state index contributed by atoms with van der Waals surface area (Å²) in [6.45, 7) is 3.91. The summed E-state index contributed by atoms with van der Waals surface area (Å²) >= 11 is 0. The van der Waals surface area contributed by atoms with Crippen molar-refractivity contribution >= 4 is 0 Å². The number of fused-ring (bicyclic) bond motifs is 1. The molecule has 4 nitrogen and oxygen atoms in total. The Hall–Kier alpha value is -2.31. The molecule has 0 amide bonds. The molecule has 0 fully saturated rings. The van der Waals surface area contributed by atoms with E-state index >= 15 is 0 Å². The lowest BCUT2D eigenvalue weighted by atomic mass is 10.0. The number of hydrogen-bond donors (Lipinski definition) is 0. The zero-order valence-electron chi connectivity index (χ0n) is 11.9. The molecule has 2 heterocycles. The first-order chi connectivity index (χ1) is 10.2. The Morgan fingerprint density at radius 1 is 1.14 bits per heavy atom. The molecule has 0 radical (unpaired) electrons. The molecule has 0 saturated carbocycles. The van der Waals surface area contributed by atoms with Gasteiger partial charge >= 0.3 is 6.18 Å². The highest BCUT2D eigenvalue weighted by atomic mass is 19.4. The summed E-state index contributed by atoms with van der Waals surface area (Å²) in [5.74, 6) is 0.987. The molecule has 0 bridgehead atoms. The van der Waals surface area contributed by atoms with Crippen LogP contribution in [0.3, 0.4) is 0 Å². The first-order valence-corrected chi connectivity index (χ1v) is 6.64. The zero-order valence-corrected chi connectivity index (χ0v) is 11.9. The van der Waals surface area contributed by atoms with Gasteiger partial charge in [-0.2, -0.15) is 13.2 Å². The van der Waals surface area contributed by atoms with Gasteiger partial charge in [0.05, 0.1) is 0 Å². The van der Waals surface area contributed by atoms with Crippen LogP contribution in [0.1, 0.15) is 25.1 Å². The van der Waals surface area contributed by atoms with Crippen LogP contribution >= 0.6 is 0 Å². The highest BCUT2D eigenvalue weighted by Gasteiger charge is 2.34. The molecule has 0 unspecified atom stereocenters. The van der Waals surface area contributed by atoms with Gasteiger partial charge in [0, 0.05) is 18.1 Å². The molecule has 0 aliphatic carbocycles. The minimum Gasteiger partial charge on any atom is -0.483 e. The lowest BCUT2D eigenvalue weighted by Gasteiger charge is -2.18. The number of nitrogens with zero attached hydrogens (tertiary/aromatic N) is 2. The van der Waals surface area contributed by atoms with Crippen LogP contribution in [0.25, 0.3) is 0 Å². The Kier molecular flexibility index (Phi) is 3.23. The van der Waals surface area contributed by atoms with Crippen LogP contribution in [-0.4, -0.2) is 15.8 Å². The van der Waals surface area contributed by atoms with Crippen LogP contribution in [0.4, 0.5) is 13.2 Å². The van der Waals surface area contributed by atoms with Gasteiger partial charge < -0.3 is 9.47 Å². The summed E-state index contributed by atoms with van der Waals surface area (Å²) in [7, 11) is 0. The monoisotopic (exact) mass is 310 g/mol. The van der Waals surface area contributed by atoms with Gasteiger partial charge in [-0.25, -0.2) is 0 Å². The SMILES string of the molecule is CC1(C)Cc2cccc(Oc3ccc(C(F)(F)F)nn3)c2O1. The van der Waals surface area contributed by atoms with Gasteiger partial charge in [0.1, 0.15) is 5.60 Å². The molecule has 116 valence electrons. The highest BCUT2D eigenvalue weighted by molar-refractivity contribution is 5.51. The van der Waals surface area contributed by atoms with E-state index in [4.69, 9.17) is 9.47 Å². The van der Waals surface area contributed by atoms with E-state index < -0.39 is 11.9 Å². The van der Waals surface area contributed by atoms with Crippen LogP contribution in [0.15, 0.2) is 30.3 Å². The molecule has 1 aliphatic heterocycles. The van der Waals surface area contributed by atoms with E-state index in [0.29, 0.717) is 11.5 Å². The molecule has 22 heavy (non-hydrogen) atoms. The number of alkyl halides is 3. The van der Waals surface area contributed by atoms with Crippen molar-refractivity contribution in [3.8, 4) is 17.4 Å². The Morgan fingerprint density at radius 3 is 2.55 bits per heavy atom. The van der Waals surface area contributed by atoms with Crippen LogP contribution in [0.2, 0.25) is 0 Å². The number of hydrogen-bond acceptors (Lipinski definition) is 4. The second-order valence-electron chi connectivity index (χ2n) is 5.64. The molecule has 1 aromatic carbocycles. The van der Waals surface area contributed by atoms with E-state index in [0.717, 1.165) is 24.1 Å². The van der Waals surface area contributed by atoms with Gasteiger partial charge in [-0.1, -0.05) is 12.1 Å². The third-order valence-corrected chi connectivity index (χ3v) is 3.20. The Morgan fingerprint density at radius 2 is 1.91 bits per heavy atom. The van der Waals surface area contributed by atoms with Gasteiger partial charge in [0.25, 0.3) is 0 Å². The summed E-state index contributed by atoms with van der Waals surface area (Å²) < 4.78 is 48.7. The quantitative estimate of drug-likeness (QED) is 0.841. The van der Waals surface area contributed by atoms with E-state index in [-0.39, 0.29) is 11.5 Å². The second-order valence-corrected chi connectivity index (χ2v) is 5.64. The Labute approximate surface area is 124 Å². The molecule has 0 N–H and O–H groups in total. The molecule has 7 heteroatoms. The highest BCUT2D eigenvalue weighted by Crippen LogP contribution is 2.43. The fourth-order valence-electron chi connectivity index (χ4n) is 2.31. The van der Waals surface area contributed by atoms with Crippen molar-refractivity contribution in [3.63, 3.8) is 0 Å². The minimum absolute atomic E-state index is 0.0188. The van der Waals surface area contributed by atoms with E-state index in [1.165, 1.54) is 0 Å². The molecule has 2 aromatic rings. The predicted octanol–water partition coefficient (Wildman–Crippen LogP) is 4.00. The summed E-state index contributed by atoms with van der Waals surface area (Å²) in [5.41, 5.74) is -0.411. The van der Waals surface area contributed by atoms with E-state index in [1.54, 1.807) is 12.1 Å². The normalized spacial score (nSPS) is 16.0. The maximum Gasteiger partial charge on any atom is 0.435 e. The summed E-state index contributed by atoms with van der Waals surface area (Å²) in [4.78, 5) is 0. The minimum atomic E-state index is -4.52. The Balaban J connectivity index is 1.85. The topological polar surface area (TPSA) is 44.2 Å². The predicted molar refractivity (Wildman–Crippen MR) is 72.0 cm³/mol. The number of para-hydroxylation sites is 1. The van der Waals surface area contributed by atoms with Crippen molar-refractivity contribution in [1.29, 1.82) is 0 Å². The van der Waals surface area contributed by atoms with Crippen molar-refractivity contribution < 1.29 is 22.6 Å². The lowest BCUT2D eigenvalue weighted by molar-refractivity contribution is -0.141. The molecule has 0 atom stereocenters. The van der Waals surface area contributed by atoms with Gasteiger partial charge in [0.2, 0.25) is 5.88 Å². The number of ether oxygens (including phenoxy) is 2. The van der Waals surface area contributed by atoms with Crippen molar-refractivity contribution in [2.45, 2.75) is 32.0 Å². The van der Waals surface area contributed by atoms with Crippen molar-refractivity contribution in [3.05, 3.63) is 41.6 Å². The van der Waals surface area contributed by atoms with Crippen LogP contribution in [0, 0.1) is 0 Å². The molecular weight excluding hydrogens is 297 g/mol. The third kappa shape index (κ3) is 2.84. The first kappa shape index (κ1) is 14.6. The van der Waals surface area contributed by atoms with E-state index in [2.05, 4.69) is 10.2 Å². The summed E-state index contributed by atoms with van der Waals surface area (Å²) in [6.07, 6.45) is -3.79. The van der Waals surface area contributed by atoms with Crippen molar-refractivity contribution in [2.24, 2.45) is 0 Å². The van der Waals surface area contributed by atoms with Gasteiger partial charge in [-0.05, 0) is 26.0 Å². The maximum atomic E-state index is 12.4. The fourth-order valence-corrected chi connectivity index (χ4v) is 2.31. The van der Waals surface area contributed by atoms with Gasteiger partial charge in [0.15, 0.2) is 17.2 Å². The van der Waals surface area contributed by atoms with E-state index in [9.17, 15) is 13.2 Å². The van der Waals surface area contributed by atoms with Crippen LogP contribution in [-0.2, 0) is 12.6 Å². The average molecular weight is 310 g/mol. The third-order valence-electron chi connectivity index (χ3n) is 3.20. The molecule has 1 aromatic heterocycles. The first-order valence-electron chi connectivity index (χ1n) is 6.64. The largest absolute Gasteiger partial charge is 0.483 e. The van der Waals surface area contributed by atoms with Gasteiger partial charge in [-0.15, -0.1) is 10.2 Å². The molecule has 0 spiro atoms. The molecule has 1 aliphatic rings. The van der Waals surface area contributed by atoms with Crippen LogP contribution in [0.5, 0.6) is 17.4 Å². The number of aromatic nitrogens is 2.